The zero-order valence-electron chi connectivity index (χ0n) is 13.4. The van der Waals surface area contributed by atoms with Crippen LogP contribution in [0, 0.1) is 6.92 Å². The van der Waals surface area contributed by atoms with Crippen LogP contribution in [0.3, 0.4) is 0 Å². The second-order valence-electron chi connectivity index (χ2n) is 6.02. The monoisotopic (exact) mass is 322 g/mol. The van der Waals surface area contributed by atoms with Crippen LogP contribution in [0.25, 0.3) is 11.5 Å². The number of pyridine rings is 1. The molecule has 1 N–H and O–H groups in total. The average Bonchev–Trinajstić information content (AvgIpc) is 3.35. The van der Waals surface area contributed by atoms with Crippen molar-refractivity contribution in [2.75, 3.05) is 6.54 Å². The first-order valence-electron chi connectivity index (χ1n) is 8.05. The number of carbonyl (C=O) groups excluding carboxylic acids is 1. The molecule has 0 saturated carbocycles. The third-order valence-electron chi connectivity index (χ3n) is 4.39. The zero-order chi connectivity index (χ0) is 16.5. The zero-order valence-corrected chi connectivity index (χ0v) is 13.4. The van der Waals surface area contributed by atoms with Crippen LogP contribution < -0.4 is 0 Å². The summed E-state index contributed by atoms with van der Waals surface area (Å²) in [6, 6.07) is 9.49. The van der Waals surface area contributed by atoms with Gasteiger partial charge in [0.1, 0.15) is 11.5 Å². The maximum atomic E-state index is 12.9. The number of furan rings is 1. The number of aryl methyl sites for hydroxylation is 1. The highest BCUT2D eigenvalue weighted by Crippen LogP contribution is 2.32. The SMILES string of the molecule is Cc1ccc(-c2cc(C(=O)N3CCC[C@H]3c3cccnc3)n[nH]2)o1. The molecule has 24 heavy (non-hydrogen) atoms. The molecule has 0 unspecified atom stereocenters. The Labute approximate surface area is 139 Å². The van der Waals surface area contributed by atoms with E-state index in [4.69, 9.17) is 4.42 Å². The number of rotatable bonds is 3. The number of hydrogen-bond acceptors (Lipinski definition) is 4. The number of nitrogens with one attached hydrogen (secondary N) is 1. The third-order valence-corrected chi connectivity index (χ3v) is 4.39. The molecule has 1 aliphatic rings. The van der Waals surface area contributed by atoms with E-state index in [1.807, 2.05) is 42.3 Å². The van der Waals surface area contributed by atoms with E-state index in [0.717, 1.165) is 30.7 Å². The van der Waals surface area contributed by atoms with Crippen molar-refractivity contribution in [3.8, 4) is 11.5 Å². The highest BCUT2D eigenvalue weighted by Gasteiger charge is 2.32. The molecule has 1 amide bonds. The number of amides is 1. The number of aromatic amines is 1. The molecule has 122 valence electrons. The molecule has 1 saturated heterocycles. The largest absolute Gasteiger partial charge is 0.460 e. The lowest BCUT2D eigenvalue weighted by molar-refractivity contribution is 0.0729. The Kier molecular flexibility index (Phi) is 3.65. The van der Waals surface area contributed by atoms with Gasteiger partial charge < -0.3 is 9.32 Å². The van der Waals surface area contributed by atoms with Crippen LogP contribution >= 0.6 is 0 Å². The molecule has 1 aliphatic heterocycles. The van der Waals surface area contributed by atoms with Gasteiger partial charge in [0.2, 0.25) is 0 Å². The molecular formula is C18H18N4O2. The summed E-state index contributed by atoms with van der Waals surface area (Å²) in [6.07, 6.45) is 5.51. The molecule has 3 aromatic heterocycles. The smallest absolute Gasteiger partial charge is 0.274 e. The second kappa shape index (κ2) is 5.96. The Morgan fingerprint density at radius 1 is 1.38 bits per heavy atom. The molecule has 6 nitrogen and oxygen atoms in total. The maximum absolute atomic E-state index is 12.9. The number of aromatic nitrogens is 3. The van der Waals surface area contributed by atoms with Gasteiger partial charge in [-0.2, -0.15) is 5.10 Å². The molecule has 3 aromatic rings. The normalized spacial score (nSPS) is 17.4. The Bertz CT molecular complexity index is 853. The standard InChI is InChI=1S/C18H18N4O2/c1-12-6-7-17(24-12)14-10-15(21-20-14)18(23)22-9-3-5-16(22)13-4-2-8-19-11-13/h2,4,6-8,10-11,16H,3,5,9H2,1H3,(H,20,21)/t16-/m0/s1. The fourth-order valence-electron chi connectivity index (χ4n) is 3.21. The molecule has 4 heterocycles. The van der Waals surface area contributed by atoms with E-state index < -0.39 is 0 Å². The van der Waals surface area contributed by atoms with Crippen molar-refractivity contribution in [2.24, 2.45) is 0 Å². The van der Waals surface area contributed by atoms with Gasteiger partial charge in [-0.1, -0.05) is 6.07 Å². The molecule has 4 rings (SSSR count). The summed E-state index contributed by atoms with van der Waals surface area (Å²) in [4.78, 5) is 18.9. The lowest BCUT2D eigenvalue weighted by atomic mass is 10.1. The van der Waals surface area contributed by atoms with E-state index >= 15 is 0 Å². The molecule has 0 aliphatic carbocycles. The molecular weight excluding hydrogens is 304 g/mol. The van der Waals surface area contributed by atoms with Crippen molar-refractivity contribution in [1.29, 1.82) is 0 Å². The van der Waals surface area contributed by atoms with Crippen molar-refractivity contribution in [3.05, 3.63) is 59.7 Å². The molecule has 1 atom stereocenters. The summed E-state index contributed by atoms with van der Waals surface area (Å²) >= 11 is 0. The number of H-pyrrole nitrogens is 1. The first kappa shape index (κ1) is 14.7. The van der Waals surface area contributed by atoms with Crippen molar-refractivity contribution in [2.45, 2.75) is 25.8 Å². The number of likely N-dealkylation sites (tertiary alicyclic amines) is 1. The van der Waals surface area contributed by atoms with Crippen LogP contribution in [0.2, 0.25) is 0 Å². The Balaban J connectivity index is 1.58. The van der Waals surface area contributed by atoms with Crippen LogP contribution in [0.5, 0.6) is 0 Å². The number of nitrogens with zero attached hydrogens (tertiary/aromatic N) is 3. The van der Waals surface area contributed by atoms with Gasteiger partial charge >= 0.3 is 0 Å². The molecule has 6 heteroatoms. The van der Waals surface area contributed by atoms with Gasteiger partial charge in [-0.25, -0.2) is 0 Å². The molecule has 0 spiro atoms. The van der Waals surface area contributed by atoms with Crippen LogP contribution in [0.15, 0.2) is 47.1 Å². The van der Waals surface area contributed by atoms with Gasteiger partial charge in [-0.15, -0.1) is 0 Å². The summed E-state index contributed by atoms with van der Waals surface area (Å²) in [5.74, 6) is 1.44. The van der Waals surface area contributed by atoms with E-state index in [1.165, 1.54) is 0 Å². The average molecular weight is 322 g/mol. The molecule has 1 fully saturated rings. The van der Waals surface area contributed by atoms with Crippen LogP contribution in [-0.4, -0.2) is 32.5 Å². The lowest BCUT2D eigenvalue weighted by Gasteiger charge is -2.23. The van der Waals surface area contributed by atoms with E-state index in [2.05, 4.69) is 15.2 Å². The maximum Gasteiger partial charge on any atom is 0.274 e. The van der Waals surface area contributed by atoms with Gasteiger partial charge in [0.05, 0.1) is 6.04 Å². The van der Waals surface area contributed by atoms with Gasteiger partial charge in [-0.05, 0) is 43.5 Å². The number of carbonyl (C=O) groups is 1. The Hall–Kier alpha value is -2.89. The van der Waals surface area contributed by atoms with E-state index in [0.29, 0.717) is 17.1 Å². The lowest BCUT2D eigenvalue weighted by Crippen LogP contribution is -2.30. The first-order chi connectivity index (χ1) is 11.7. The van der Waals surface area contributed by atoms with E-state index in [9.17, 15) is 4.79 Å². The predicted octanol–water partition coefficient (Wildman–Crippen LogP) is 3.35. The van der Waals surface area contributed by atoms with Crippen molar-refractivity contribution < 1.29 is 9.21 Å². The first-order valence-corrected chi connectivity index (χ1v) is 8.05. The topological polar surface area (TPSA) is 75.0 Å². The highest BCUT2D eigenvalue weighted by molar-refractivity contribution is 5.93. The van der Waals surface area contributed by atoms with Crippen LogP contribution in [0.1, 0.15) is 40.7 Å². The van der Waals surface area contributed by atoms with E-state index in [1.54, 1.807) is 12.3 Å². The van der Waals surface area contributed by atoms with Crippen molar-refractivity contribution in [3.63, 3.8) is 0 Å². The minimum Gasteiger partial charge on any atom is -0.460 e. The third kappa shape index (κ3) is 2.60. The summed E-state index contributed by atoms with van der Waals surface area (Å²) in [7, 11) is 0. The van der Waals surface area contributed by atoms with Gasteiger partial charge in [0, 0.05) is 25.0 Å². The van der Waals surface area contributed by atoms with Gasteiger partial charge in [-0.3, -0.25) is 14.9 Å². The quantitative estimate of drug-likeness (QED) is 0.802. The summed E-state index contributed by atoms with van der Waals surface area (Å²) < 4.78 is 5.57. The Morgan fingerprint density at radius 3 is 3.04 bits per heavy atom. The fourth-order valence-corrected chi connectivity index (χ4v) is 3.21. The minimum absolute atomic E-state index is 0.0628. The van der Waals surface area contributed by atoms with Crippen molar-refractivity contribution >= 4 is 5.91 Å². The van der Waals surface area contributed by atoms with Gasteiger partial charge in [0.25, 0.3) is 5.91 Å². The molecule has 0 aromatic carbocycles. The summed E-state index contributed by atoms with van der Waals surface area (Å²) in [5, 5.41) is 7.07. The number of hydrogen-bond donors (Lipinski definition) is 1. The van der Waals surface area contributed by atoms with Crippen LogP contribution in [-0.2, 0) is 0 Å². The van der Waals surface area contributed by atoms with Gasteiger partial charge in [0.15, 0.2) is 11.5 Å². The Morgan fingerprint density at radius 2 is 2.29 bits per heavy atom. The summed E-state index contributed by atoms with van der Waals surface area (Å²) in [6.45, 7) is 2.62. The van der Waals surface area contributed by atoms with E-state index in [-0.39, 0.29) is 11.9 Å². The fraction of sp³-hybridized carbons (Fsp3) is 0.278. The minimum atomic E-state index is -0.0628. The van der Waals surface area contributed by atoms with Crippen molar-refractivity contribution in [1.82, 2.24) is 20.1 Å². The summed E-state index contributed by atoms with van der Waals surface area (Å²) in [5.41, 5.74) is 2.19. The predicted molar refractivity (Wildman–Crippen MR) is 88.3 cm³/mol. The molecule has 0 bridgehead atoms. The molecule has 0 radical (unpaired) electrons. The second-order valence-corrected chi connectivity index (χ2v) is 6.02. The highest BCUT2D eigenvalue weighted by atomic mass is 16.3. The van der Waals surface area contributed by atoms with Crippen LogP contribution in [0.4, 0.5) is 0 Å².